The van der Waals surface area contributed by atoms with Gasteiger partial charge < -0.3 is 14.8 Å². The Bertz CT molecular complexity index is 1470. The number of halogens is 6. The van der Waals surface area contributed by atoms with E-state index >= 15 is 0 Å². The summed E-state index contributed by atoms with van der Waals surface area (Å²) in [5, 5.41) is 1.87. The Labute approximate surface area is 207 Å². The van der Waals surface area contributed by atoms with Gasteiger partial charge in [-0.1, -0.05) is 24.3 Å². The van der Waals surface area contributed by atoms with Gasteiger partial charge in [0.25, 0.3) is 0 Å². The molecule has 11 heteroatoms. The summed E-state index contributed by atoms with van der Waals surface area (Å²) >= 11 is 0. The van der Waals surface area contributed by atoms with Crippen LogP contribution in [-0.2, 0) is 11.3 Å². The lowest BCUT2D eigenvalue weighted by Gasteiger charge is -2.32. The molecule has 1 aliphatic rings. The molecule has 0 unspecified atom stereocenters. The number of nitrogens with one attached hydrogen (secondary N) is 1. The van der Waals surface area contributed by atoms with Crippen molar-refractivity contribution in [3.05, 3.63) is 89.0 Å². The maximum atomic E-state index is 14.0. The zero-order chi connectivity index (χ0) is 26.3. The van der Waals surface area contributed by atoms with Crippen molar-refractivity contribution in [2.75, 3.05) is 23.3 Å². The highest BCUT2D eigenvalue weighted by molar-refractivity contribution is 5.93. The first kappa shape index (κ1) is 24.7. The SMILES string of the molecule is O=C(Nc1c(F)c(F)c(F)c(F)c1F)C1CCN(c2nc3ccccc3n2Cc2cccc(F)c2)CC1. The van der Waals surface area contributed by atoms with Gasteiger partial charge in [-0.2, -0.15) is 0 Å². The lowest BCUT2D eigenvalue weighted by Crippen LogP contribution is -2.39. The number of carbonyl (C=O) groups excluding carboxylic acids is 1. The Hall–Kier alpha value is -4.02. The second-order valence-corrected chi connectivity index (χ2v) is 8.81. The Balaban J connectivity index is 1.34. The molecule has 0 radical (unpaired) electrons. The molecule has 4 aromatic rings. The largest absolute Gasteiger partial charge is 0.342 e. The predicted molar refractivity (Wildman–Crippen MR) is 125 cm³/mol. The smallest absolute Gasteiger partial charge is 0.227 e. The van der Waals surface area contributed by atoms with E-state index in [9.17, 15) is 31.1 Å². The number of aromatic nitrogens is 2. The topological polar surface area (TPSA) is 50.2 Å². The van der Waals surface area contributed by atoms with E-state index in [-0.39, 0.29) is 18.7 Å². The number of imidazole rings is 1. The van der Waals surface area contributed by atoms with Crippen molar-refractivity contribution in [3.8, 4) is 0 Å². The summed E-state index contributed by atoms with van der Waals surface area (Å²) in [5.74, 6) is -12.0. The molecule has 0 spiro atoms. The van der Waals surface area contributed by atoms with Gasteiger partial charge in [-0.3, -0.25) is 4.79 Å². The molecule has 5 nitrogen and oxygen atoms in total. The van der Waals surface area contributed by atoms with Gasteiger partial charge in [0, 0.05) is 19.0 Å². The van der Waals surface area contributed by atoms with Gasteiger partial charge in [0.05, 0.1) is 17.6 Å². The van der Waals surface area contributed by atoms with Gasteiger partial charge >= 0.3 is 0 Å². The number of carbonyl (C=O) groups is 1. The van der Waals surface area contributed by atoms with Gasteiger partial charge in [-0.15, -0.1) is 0 Å². The van der Waals surface area contributed by atoms with E-state index in [1.165, 1.54) is 12.1 Å². The molecular weight excluding hydrogens is 498 g/mol. The number of piperidine rings is 1. The molecule has 192 valence electrons. The lowest BCUT2D eigenvalue weighted by atomic mass is 9.96. The highest BCUT2D eigenvalue weighted by atomic mass is 19.2. The van der Waals surface area contributed by atoms with E-state index in [1.807, 2.05) is 39.0 Å². The van der Waals surface area contributed by atoms with E-state index in [4.69, 9.17) is 4.98 Å². The number of rotatable bonds is 5. The zero-order valence-corrected chi connectivity index (χ0v) is 19.2. The Kier molecular flexibility index (Phi) is 6.53. The summed E-state index contributed by atoms with van der Waals surface area (Å²) in [4.78, 5) is 19.3. The molecule has 0 bridgehead atoms. The van der Waals surface area contributed by atoms with E-state index in [0.29, 0.717) is 25.6 Å². The van der Waals surface area contributed by atoms with Crippen molar-refractivity contribution >= 4 is 28.6 Å². The Morgan fingerprint density at radius 2 is 1.51 bits per heavy atom. The van der Waals surface area contributed by atoms with Gasteiger partial charge in [-0.25, -0.2) is 31.3 Å². The van der Waals surface area contributed by atoms with Crippen LogP contribution in [0.2, 0.25) is 0 Å². The van der Waals surface area contributed by atoms with Crippen LogP contribution in [0.3, 0.4) is 0 Å². The number of amides is 1. The van der Waals surface area contributed by atoms with Crippen molar-refractivity contribution in [1.29, 1.82) is 0 Å². The minimum Gasteiger partial charge on any atom is -0.342 e. The fourth-order valence-corrected chi connectivity index (χ4v) is 4.56. The second kappa shape index (κ2) is 9.79. The van der Waals surface area contributed by atoms with Gasteiger partial charge in [0.1, 0.15) is 11.5 Å². The van der Waals surface area contributed by atoms with Crippen LogP contribution in [0, 0.1) is 40.8 Å². The maximum absolute atomic E-state index is 14.0. The average Bonchev–Trinajstić information content (AvgIpc) is 3.27. The lowest BCUT2D eigenvalue weighted by molar-refractivity contribution is -0.120. The monoisotopic (exact) mass is 518 g/mol. The van der Waals surface area contributed by atoms with Gasteiger partial charge in [0.15, 0.2) is 23.3 Å². The maximum Gasteiger partial charge on any atom is 0.227 e. The highest BCUT2D eigenvalue weighted by Crippen LogP contribution is 2.31. The fourth-order valence-electron chi connectivity index (χ4n) is 4.56. The van der Waals surface area contributed by atoms with Crippen molar-refractivity contribution in [2.45, 2.75) is 19.4 Å². The van der Waals surface area contributed by atoms with E-state index in [1.54, 1.807) is 12.1 Å². The van der Waals surface area contributed by atoms with Crippen molar-refractivity contribution in [3.63, 3.8) is 0 Å². The third kappa shape index (κ3) is 4.61. The molecule has 3 aromatic carbocycles. The van der Waals surface area contributed by atoms with Crippen molar-refractivity contribution < 1.29 is 31.1 Å². The molecule has 1 saturated heterocycles. The fraction of sp³-hybridized carbons (Fsp3) is 0.231. The van der Waals surface area contributed by atoms with Crippen LogP contribution in [-0.4, -0.2) is 28.5 Å². The number of para-hydroxylation sites is 2. The Morgan fingerprint density at radius 1 is 0.865 bits per heavy atom. The third-order valence-electron chi connectivity index (χ3n) is 6.47. The number of benzene rings is 3. The van der Waals surface area contributed by atoms with E-state index in [0.717, 1.165) is 16.6 Å². The molecule has 1 aromatic heterocycles. The summed E-state index contributed by atoms with van der Waals surface area (Å²) in [6, 6.07) is 13.7. The first-order valence-corrected chi connectivity index (χ1v) is 11.5. The van der Waals surface area contributed by atoms with Gasteiger partial charge in [-0.05, 0) is 42.7 Å². The zero-order valence-electron chi connectivity index (χ0n) is 19.2. The molecule has 37 heavy (non-hydrogen) atoms. The molecule has 1 N–H and O–H groups in total. The van der Waals surface area contributed by atoms with Crippen LogP contribution >= 0.6 is 0 Å². The summed E-state index contributed by atoms with van der Waals surface area (Å²) in [6.07, 6.45) is 0.509. The van der Waals surface area contributed by atoms with Gasteiger partial charge in [0.2, 0.25) is 17.7 Å². The predicted octanol–water partition coefficient (Wildman–Crippen LogP) is 5.77. The molecule has 0 saturated carbocycles. The number of fused-ring (bicyclic) bond motifs is 1. The first-order chi connectivity index (χ1) is 17.7. The molecular formula is C26H20F6N4O. The van der Waals surface area contributed by atoms with Crippen LogP contribution in [0.5, 0.6) is 0 Å². The van der Waals surface area contributed by atoms with E-state index in [2.05, 4.69) is 0 Å². The summed E-state index contributed by atoms with van der Waals surface area (Å²) in [5.41, 5.74) is 0.954. The molecule has 0 atom stereocenters. The first-order valence-electron chi connectivity index (χ1n) is 11.5. The number of anilines is 2. The molecule has 0 aliphatic carbocycles. The minimum absolute atomic E-state index is 0.254. The van der Waals surface area contributed by atoms with Crippen LogP contribution < -0.4 is 10.2 Å². The summed E-state index contributed by atoms with van der Waals surface area (Å²) in [7, 11) is 0. The number of nitrogens with zero attached hydrogens (tertiary/aromatic N) is 3. The quantitative estimate of drug-likeness (QED) is 0.207. The van der Waals surface area contributed by atoms with Crippen LogP contribution in [0.1, 0.15) is 18.4 Å². The van der Waals surface area contributed by atoms with E-state index < -0.39 is 46.6 Å². The number of hydrogen-bond acceptors (Lipinski definition) is 3. The molecule has 1 amide bonds. The second-order valence-electron chi connectivity index (χ2n) is 8.81. The molecule has 1 fully saturated rings. The molecule has 5 rings (SSSR count). The van der Waals surface area contributed by atoms with Crippen molar-refractivity contribution in [2.24, 2.45) is 5.92 Å². The van der Waals surface area contributed by atoms with Crippen LogP contribution in [0.4, 0.5) is 38.0 Å². The standard InChI is InChI=1S/C26H20F6N4O/c27-16-5-3-4-14(12-16)13-36-18-7-2-1-6-17(18)33-26(36)35-10-8-15(9-11-35)25(37)34-24-22(31)20(29)19(28)21(30)23(24)32/h1-7,12,15H,8-11,13H2,(H,34,37). The van der Waals surface area contributed by atoms with Crippen LogP contribution in [0.15, 0.2) is 48.5 Å². The highest BCUT2D eigenvalue weighted by Gasteiger charge is 2.31. The van der Waals surface area contributed by atoms with Crippen LogP contribution in [0.25, 0.3) is 11.0 Å². The minimum atomic E-state index is -2.29. The molecule has 1 aliphatic heterocycles. The van der Waals surface area contributed by atoms with Crippen molar-refractivity contribution in [1.82, 2.24) is 9.55 Å². The molecule has 2 heterocycles. The Morgan fingerprint density at radius 3 is 2.19 bits per heavy atom. The normalized spacial score (nSPS) is 14.4. The summed E-state index contributed by atoms with van der Waals surface area (Å²) in [6.45, 7) is 1.05. The third-order valence-corrected chi connectivity index (χ3v) is 6.47. The number of hydrogen-bond donors (Lipinski definition) is 1. The average molecular weight is 518 g/mol. The summed E-state index contributed by atoms with van der Waals surface area (Å²) < 4.78 is 84.0.